The highest BCUT2D eigenvalue weighted by Crippen LogP contribution is 2.27. The van der Waals surface area contributed by atoms with Crippen LogP contribution in [0.1, 0.15) is 61.5 Å². The number of ether oxygens (including phenoxy) is 2. The van der Waals surface area contributed by atoms with Gasteiger partial charge in [-0.15, -0.1) is 0 Å². The van der Waals surface area contributed by atoms with Crippen molar-refractivity contribution in [2.45, 2.75) is 45.6 Å². The van der Waals surface area contributed by atoms with E-state index in [1.165, 1.54) is 31.4 Å². The van der Waals surface area contributed by atoms with E-state index in [4.69, 9.17) is 9.47 Å². The molecule has 0 aliphatic carbocycles. The number of allylic oxidation sites excluding steroid dienone is 1. The molecule has 1 amide bonds. The van der Waals surface area contributed by atoms with E-state index in [-0.39, 0.29) is 5.75 Å². The number of esters is 1. The molecule has 1 N–H and O–H groups in total. The maximum atomic E-state index is 13.1. The van der Waals surface area contributed by atoms with Crippen LogP contribution in [0.25, 0.3) is 0 Å². The maximum Gasteiger partial charge on any atom is 0.413 e. The number of halogens is 1. The predicted molar refractivity (Wildman–Crippen MR) is 114 cm³/mol. The normalized spacial score (nSPS) is 12.2. The smallest absolute Gasteiger partial charge is 0.413 e. The largest absolute Gasteiger partial charge is 0.465 e. The summed E-state index contributed by atoms with van der Waals surface area (Å²) in [6.07, 6.45) is 5.10. The SMILES string of the molecule is CCCC=C(CCC)[C@@H](NC(=O)Oc1ccc(F)cc1)c1ccc(C(=O)OC)cc1. The first kappa shape index (κ1) is 23.1. The summed E-state index contributed by atoms with van der Waals surface area (Å²) in [6.45, 7) is 4.17. The summed E-state index contributed by atoms with van der Waals surface area (Å²) in [4.78, 5) is 24.3. The van der Waals surface area contributed by atoms with Crippen LogP contribution < -0.4 is 10.1 Å². The van der Waals surface area contributed by atoms with Gasteiger partial charge in [-0.25, -0.2) is 14.0 Å². The number of benzene rings is 2. The van der Waals surface area contributed by atoms with Crippen LogP contribution in [0.3, 0.4) is 0 Å². The molecule has 0 fully saturated rings. The summed E-state index contributed by atoms with van der Waals surface area (Å²) in [5, 5.41) is 2.91. The van der Waals surface area contributed by atoms with Crippen LogP contribution in [0, 0.1) is 5.82 Å². The summed E-state index contributed by atoms with van der Waals surface area (Å²) < 4.78 is 23.1. The van der Waals surface area contributed by atoms with Crippen molar-refractivity contribution in [3.63, 3.8) is 0 Å². The number of rotatable bonds is 9. The highest BCUT2D eigenvalue weighted by atomic mass is 19.1. The second-order valence-corrected chi connectivity index (χ2v) is 6.85. The Morgan fingerprint density at radius 2 is 1.70 bits per heavy atom. The average molecular weight is 413 g/mol. The highest BCUT2D eigenvalue weighted by molar-refractivity contribution is 5.89. The van der Waals surface area contributed by atoms with Gasteiger partial charge in [0.2, 0.25) is 0 Å². The molecule has 0 radical (unpaired) electrons. The fourth-order valence-corrected chi connectivity index (χ4v) is 3.06. The summed E-state index contributed by atoms with van der Waals surface area (Å²) in [6, 6.07) is 11.8. The van der Waals surface area contributed by atoms with Gasteiger partial charge in [0.15, 0.2) is 0 Å². The van der Waals surface area contributed by atoms with Gasteiger partial charge in [0, 0.05) is 0 Å². The van der Waals surface area contributed by atoms with E-state index in [2.05, 4.69) is 25.2 Å². The molecule has 160 valence electrons. The molecule has 2 aromatic carbocycles. The minimum absolute atomic E-state index is 0.253. The van der Waals surface area contributed by atoms with Crippen molar-refractivity contribution >= 4 is 12.1 Å². The average Bonchev–Trinajstić information content (AvgIpc) is 2.76. The van der Waals surface area contributed by atoms with Crippen LogP contribution in [0.4, 0.5) is 9.18 Å². The number of amides is 1. The molecule has 30 heavy (non-hydrogen) atoms. The lowest BCUT2D eigenvalue weighted by atomic mass is 9.93. The molecule has 0 unspecified atom stereocenters. The molecule has 2 rings (SSSR count). The molecule has 0 saturated carbocycles. The van der Waals surface area contributed by atoms with Gasteiger partial charge in [0.25, 0.3) is 0 Å². The van der Waals surface area contributed by atoms with Crippen LogP contribution in [0.15, 0.2) is 60.2 Å². The molecule has 0 heterocycles. The zero-order valence-corrected chi connectivity index (χ0v) is 17.6. The first-order chi connectivity index (χ1) is 14.5. The second-order valence-electron chi connectivity index (χ2n) is 6.85. The Kier molecular flexibility index (Phi) is 9.06. The fourth-order valence-electron chi connectivity index (χ4n) is 3.06. The monoisotopic (exact) mass is 413 g/mol. The third kappa shape index (κ3) is 6.72. The van der Waals surface area contributed by atoms with Crippen molar-refractivity contribution in [2.75, 3.05) is 7.11 Å². The molecule has 2 aromatic rings. The first-order valence-electron chi connectivity index (χ1n) is 10.1. The quantitative estimate of drug-likeness (QED) is 0.406. The van der Waals surface area contributed by atoms with Crippen molar-refractivity contribution in [1.29, 1.82) is 0 Å². The van der Waals surface area contributed by atoms with E-state index in [1.807, 2.05) is 0 Å². The van der Waals surface area contributed by atoms with Gasteiger partial charge in [0.1, 0.15) is 11.6 Å². The Morgan fingerprint density at radius 1 is 1.03 bits per heavy atom. The molecule has 0 saturated heterocycles. The number of nitrogens with one attached hydrogen (secondary N) is 1. The number of hydrogen-bond donors (Lipinski definition) is 1. The molecule has 6 heteroatoms. The third-order valence-corrected chi connectivity index (χ3v) is 4.56. The summed E-state index contributed by atoms with van der Waals surface area (Å²) in [5.41, 5.74) is 2.33. The first-order valence-corrected chi connectivity index (χ1v) is 10.1. The molecule has 0 aliphatic heterocycles. The van der Waals surface area contributed by atoms with Crippen LogP contribution in [0.5, 0.6) is 5.75 Å². The number of unbranched alkanes of at least 4 members (excludes halogenated alkanes) is 1. The Labute approximate surface area is 176 Å². The third-order valence-electron chi connectivity index (χ3n) is 4.56. The van der Waals surface area contributed by atoms with E-state index < -0.39 is 23.9 Å². The lowest BCUT2D eigenvalue weighted by Gasteiger charge is -2.23. The van der Waals surface area contributed by atoms with Gasteiger partial charge in [-0.05, 0) is 60.4 Å². The van der Waals surface area contributed by atoms with E-state index in [0.717, 1.165) is 36.8 Å². The molecule has 1 atom stereocenters. The topological polar surface area (TPSA) is 64.6 Å². The van der Waals surface area contributed by atoms with E-state index >= 15 is 0 Å². The minimum Gasteiger partial charge on any atom is -0.465 e. The van der Waals surface area contributed by atoms with Crippen molar-refractivity contribution in [3.05, 3.63) is 77.1 Å². The Morgan fingerprint density at radius 3 is 2.27 bits per heavy atom. The van der Waals surface area contributed by atoms with Gasteiger partial charge < -0.3 is 14.8 Å². The number of carbonyl (C=O) groups is 2. The van der Waals surface area contributed by atoms with Crippen molar-refractivity contribution in [1.82, 2.24) is 5.32 Å². The van der Waals surface area contributed by atoms with Crippen molar-refractivity contribution < 1.29 is 23.5 Å². The van der Waals surface area contributed by atoms with E-state index in [0.29, 0.717) is 5.56 Å². The van der Waals surface area contributed by atoms with Crippen LogP contribution >= 0.6 is 0 Å². The van der Waals surface area contributed by atoms with E-state index in [9.17, 15) is 14.0 Å². The van der Waals surface area contributed by atoms with Gasteiger partial charge in [-0.1, -0.05) is 44.9 Å². The van der Waals surface area contributed by atoms with Crippen molar-refractivity contribution in [2.24, 2.45) is 0 Å². The van der Waals surface area contributed by atoms with Crippen LogP contribution in [0.2, 0.25) is 0 Å². The van der Waals surface area contributed by atoms with Gasteiger partial charge >= 0.3 is 12.1 Å². The molecular weight excluding hydrogens is 385 g/mol. The van der Waals surface area contributed by atoms with Gasteiger partial charge in [-0.3, -0.25) is 0 Å². The van der Waals surface area contributed by atoms with Crippen LogP contribution in [-0.2, 0) is 4.74 Å². The maximum absolute atomic E-state index is 13.1. The second kappa shape index (κ2) is 11.8. The Bertz CT molecular complexity index is 860. The molecular formula is C24H28FNO4. The Balaban J connectivity index is 2.28. The highest BCUT2D eigenvalue weighted by Gasteiger charge is 2.20. The summed E-state index contributed by atoms with van der Waals surface area (Å²) in [7, 11) is 1.33. The van der Waals surface area contributed by atoms with Gasteiger partial charge in [-0.2, -0.15) is 0 Å². The fraction of sp³-hybridized carbons (Fsp3) is 0.333. The zero-order chi connectivity index (χ0) is 21.9. The Hall–Kier alpha value is -3.15. The summed E-state index contributed by atoms with van der Waals surface area (Å²) >= 11 is 0. The molecule has 0 aliphatic rings. The lowest BCUT2D eigenvalue weighted by Crippen LogP contribution is -2.32. The van der Waals surface area contributed by atoms with E-state index in [1.54, 1.807) is 24.3 Å². The van der Waals surface area contributed by atoms with Crippen molar-refractivity contribution in [3.8, 4) is 5.75 Å². The predicted octanol–water partition coefficient (Wildman–Crippen LogP) is 5.97. The lowest BCUT2D eigenvalue weighted by molar-refractivity contribution is 0.0600. The molecule has 0 aromatic heterocycles. The zero-order valence-electron chi connectivity index (χ0n) is 17.6. The number of carbonyl (C=O) groups excluding carboxylic acids is 2. The number of methoxy groups -OCH3 is 1. The van der Waals surface area contributed by atoms with Crippen LogP contribution in [-0.4, -0.2) is 19.2 Å². The number of hydrogen-bond acceptors (Lipinski definition) is 4. The standard InChI is InChI=1S/C24H28FNO4/c1-4-6-8-17(7-5-2)22(18-9-11-19(12-10-18)23(27)29-3)26-24(28)30-21-15-13-20(25)14-16-21/h8-16,22H,4-7H2,1-3H3,(H,26,28)/t22-/m1/s1. The molecule has 0 bridgehead atoms. The molecule has 5 nitrogen and oxygen atoms in total. The van der Waals surface area contributed by atoms with Gasteiger partial charge in [0.05, 0.1) is 18.7 Å². The summed E-state index contributed by atoms with van der Waals surface area (Å²) in [5.74, 6) is -0.570. The molecule has 0 spiro atoms. The minimum atomic E-state index is -0.637.